The minimum Gasteiger partial charge on any atom is -0.396 e. The summed E-state index contributed by atoms with van der Waals surface area (Å²) in [5.74, 6) is 4.61. The summed E-state index contributed by atoms with van der Waals surface area (Å²) in [6.45, 7) is -0.330. The molecule has 0 aromatic carbocycles. The molecule has 0 heterocycles. The summed E-state index contributed by atoms with van der Waals surface area (Å²) in [6, 6.07) is 0. The van der Waals surface area contributed by atoms with E-state index in [9.17, 15) is 0 Å². The van der Waals surface area contributed by atoms with E-state index in [0.29, 0.717) is 0 Å². The van der Waals surface area contributed by atoms with Crippen molar-refractivity contribution in [2.75, 3.05) is 13.2 Å². The topological polar surface area (TPSA) is 60.7 Å². The van der Waals surface area contributed by atoms with Crippen molar-refractivity contribution < 1.29 is 15.3 Å². The smallest absolute Gasteiger partial charge is 0.117 e. The predicted molar refractivity (Wildman–Crippen MR) is 32.6 cm³/mol. The van der Waals surface area contributed by atoms with Crippen molar-refractivity contribution in [2.45, 2.75) is 12.5 Å². The third kappa shape index (κ3) is 5.31. The predicted octanol–water partition coefficient (Wildman–Crippen LogP) is -1.27. The standard InChI is InChI=1S/C6H10O3/c7-4-1-2-6(9)3-5-8/h6-9H,3-5H2. The maximum atomic E-state index is 8.74. The molecule has 0 spiro atoms. The van der Waals surface area contributed by atoms with Crippen molar-refractivity contribution in [1.29, 1.82) is 0 Å². The van der Waals surface area contributed by atoms with Gasteiger partial charge in [-0.05, 0) is 0 Å². The molecule has 0 aromatic heterocycles. The fourth-order valence-corrected chi connectivity index (χ4v) is 0.358. The van der Waals surface area contributed by atoms with Gasteiger partial charge in [0, 0.05) is 13.0 Å². The first kappa shape index (κ1) is 8.44. The summed E-state index contributed by atoms with van der Waals surface area (Å²) in [5.41, 5.74) is 0. The van der Waals surface area contributed by atoms with Crippen molar-refractivity contribution in [3.63, 3.8) is 0 Å². The van der Waals surface area contributed by atoms with E-state index in [2.05, 4.69) is 11.8 Å². The van der Waals surface area contributed by atoms with E-state index in [1.807, 2.05) is 0 Å². The number of rotatable bonds is 2. The van der Waals surface area contributed by atoms with Gasteiger partial charge in [-0.25, -0.2) is 0 Å². The van der Waals surface area contributed by atoms with Crippen molar-refractivity contribution in [2.24, 2.45) is 0 Å². The molecule has 9 heavy (non-hydrogen) atoms. The molecule has 0 aliphatic rings. The van der Waals surface area contributed by atoms with Crippen LogP contribution in [0.15, 0.2) is 0 Å². The molecule has 0 aromatic rings. The Hall–Kier alpha value is -0.560. The van der Waals surface area contributed by atoms with Gasteiger partial charge in [0.25, 0.3) is 0 Å². The molecule has 0 fully saturated rings. The number of hydrogen-bond donors (Lipinski definition) is 3. The molecule has 3 nitrogen and oxygen atoms in total. The zero-order valence-electron chi connectivity index (χ0n) is 5.04. The Morgan fingerprint density at radius 1 is 1.33 bits per heavy atom. The van der Waals surface area contributed by atoms with Gasteiger partial charge in [0.2, 0.25) is 0 Å². The van der Waals surface area contributed by atoms with Crippen molar-refractivity contribution in [3.8, 4) is 11.8 Å². The lowest BCUT2D eigenvalue weighted by atomic mass is 10.3. The molecule has 0 aliphatic carbocycles. The number of aliphatic hydroxyl groups is 3. The van der Waals surface area contributed by atoms with Gasteiger partial charge in [0.1, 0.15) is 12.7 Å². The SMILES string of the molecule is OCC#CC(O)CCO. The number of hydrogen-bond acceptors (Lipinski definition) is 3. The Kier molecular flexibility index (Phi) is 5.23. The van der Waals surface area contributed by atoms with Crippen molar-refractivity contribution in [1.82, 2.24) is 0 Å². The van der Waals surface area contributed by atoms with Crippen molar-refractivity contribution >= 4 is 0 Å². The third-order valence-corrected chi connectivity index (χ3v) is 0.750. The van der Waals surface area contributed by atoms with Crippen LogP contribution in [-0.4, -0.2) is 34.6 Å². The van der Waals surface area contributed by atoms with Gasteiger partial charge in [-0.1, -0.05) is 11.8 Å². The van der Waals surface area contributed by atoms with Gasteiger partial charge >= 0.3 is 0 Å². The maximum absolute atomic E-state index is 8.74. The largest absolute Gasteiger partial charge is 0.396 e. The van der Waals surface area contributed by atoms with E-state index in [-0.39, 0.29) is 19.6 Å². The fraction of sp³-hybridized carbons (Fsp3) is 0.667. The minimum absolute atomic E-state index is 0.0821. The molecule has 0 saturated heterocycles. The molecule has 0 saturated carbocycles. The first-order valence-corrected chi connectivity index (χ1v) is 2.69. The fourth-order valence-electron chi connectivity index (χ4n) is 0.358. The van der Waals surface area contributed by atoms with Crippen molar-refractivity contribution in [3.05, 3.63) is 0 Å². The molecule has 0 bridgehead atoms. The Balaban J connectivity index is 3.36. The average molecular weight is 130 g/mol. The lowest BCUT2D eigenvalue weighted by Gasteiger charge is -1.95. The Bertz CT molecular complexity index is 111. The molecule has 0 rings (SSSR count). The van der Waals surface area contributed by atoms with Crippen LogP contribution < -0.4 is 0 Å². The highest BCUT2D eigenvalue weighted by Crippen LogP contribution is 1.85. The Labute approximate surface area is 53.9 Å². The Morgan fingerprint density at radius 2 is 2.00 bits per heavy atom. The molecule has 1 atom stereocenters. The van der Waals surface area contributed by atoms with Gasteiger partial charge in [0.15, 0.2) is 0 Å². The average Bonchev–Trinajstić information content (AvgIpc) is 1.85. The summed E-state index contributed by atoms with van der Waals surface area (Å²) in [4.78, 5) is 0. The second kappa shape index (κ2) is 5.57. The zero-order chi connectivity index (χ0) is 7.11. The highest BCUT2D eigenvalue weighted by Gasteiger charge is 1.94. The second-order valence-electron chi connectivity index (χ2n) is 1.51. The van der Waals surface area contributed by atoms with Gasteiger partial charge in [-0.2, -0.15) is 0 Å². The molecular formula is C6H10O3. The highest BCUT2D eigenvalue weighted by molar-refractivity contribution is 5.04. The molecule has 0 amide bonds. The molecule has 3 heteroatoms. The van der Waals surface area contributed by atoms with Crippen LogP contribution in [0.5, 0.6) is 0 Å². The maximum Gasteiger partial charge on any atom is 0.117 e. The summed E-state index contributed by atoms with van der Waals surface area (Å²) in [7, 11) is 0. The van der Waals surface area contributed by atoms with E-state index in [4.69, 9.17) is 15.3 Å². The zero-order valence-corrected chi connectivity index (χ0v) is 5.04. The molecule has 0 aliphatic heterocycles. The third-order valence-electron chi connectivity index (χ3n) is 0.750. The summed E-state index contributed by atoms with van der Waals surface area (Å²) >= 11 is 0. The van der Waals surface area contributed by atoms with Gasteiger partial charge < -0.3 is 15.3 Å². The lowest BCUT2D eigenvalue weighted by Crippen LogP contribution is -2.05. The first-order chi connectivity index (χ1) is 4.31. The van der Waals surface area contributed by atoms with E-state index in [1.165, 1.54) is 0 Å². The van der Waals surface area contributed by atoms with Gasteiger partial charge in [-0.15, -0.1) is 0 Å². The lowest BCUT2D eigenvalue weighted by molar-refractivity contribution is 0.176. The first-order valence-electron chi connectivity index (χ1n) is 2.69. The summed E-state index contributed by atoms with van der Waals surface area (Å²) in [6.07, 6.45) is -0.561. The van der Waals surface area contributed by atoms with Crippen LogP contribution in [0, 0.1) is 11.8 Å². The van der Waals surface area contributed by atoms with E-state index in [0.717, 1.165) is 0 Å². The van der Waals surface area contributed by atoms with Gasteiger partial charge in [-0.3, -0.25) is 0 Å². The molecule has 1 unspecified atom stereocenters. The van der Waals surface area contributed by atoms with Gasteiger partial charge in [0.05, 0.1) is 0 Å². The minimum atomic E-state index is -0.804. The van der Waals surface area contributed by atoms with Crippen LogP contribution in [0.25, 0.3) is 0 Å². The molecular weight excluding hydrogens is 120 g/mol. The van der Waals surface area contributed by atoms with Crippen LogP contribution in [-0.2, 0) is 0 Å². The molecule has 0 radical (unpaired) electrons. The van der Waals surface area contributed by atoms with E-state index < -0.39 is 6.10 Å². The quantitative estimate of drug-likeness (QED) is 0.408. The number of aliphatic hydroxyl groups excluding tert-OH is 3. The molecule has 3 N–H and O–H groups in total. The van der Waals surface area contributed by atoms with E-state index >= 15 is 0 Å². The van der Waals surface area contributed by atoms with Crippen LogP contribution >= 0.6 is 0 Å². The normalized spacial score (nSPS) is 11.9. The Morgan fingerprint density at radius 3 is 2.44 bits per heavy atom. The van der Waals surface area contributed by atoms with E-state index in [1.54, 1.807) is 0 Å². The summed E-state index contributed by atoms with van der Waals surface area (Å²) in [5, 5.41) is 25.1. The summed E-state index contributed by atoms with van der Waals surface area (Å²) < 4.78 is 0. The van der Waals surface area contributed by atoms with Crippen LogP contribution in [0.3, 0.4) is 0 Å². The van der Waals surface area contributed by atoms with Crippen LogP contribution in [0.4, 0.5) is 0 Å². The second-order valence-corrected chi connectivity index (χ2v) is 1.51. The van der Waals surface area contributed by atoms with Crippen LogP contribution in [0.2, 0.25) is 0 Å². The monoisotopic (exact) mass is 130 g/mol. The van der Waals surface area contributed by atoms with Crippen LogP contribution in [0.1, 0.15) is 6.42 Å². The molecule has 52 valence electrons. The highest BCUT2D eigenvalue weighted by atomic mass is 16.3.